The fourth-order valence-corrected chi connectivity index (χ4v) is 8.90. The van der Waals surface area contributed by atoms with Crippen LogP contribution in [0.5, 0.6) is 0 Å². The Kier molecular flexibility index (Phi) is 18.7. The number of benzene rings is 3. The zero-order valence-electron chi connectivity index (χ0n) is 38.4. The van der Waals surface area contributed by atoms with Gasteiger partial charge >= 0.3 is 107 Å². The fourth-order valence-electron chi connectivity index (χ4n) is 6.66. The molecule has 0 spiro atoms. The molecule has 0 heterocycles. The van der Waals surface area contributed by atoms with Gasteiger partial charge in [-0.2, -0.15) is 171 Å². The van der Waals surface area contributed by atoms with E-state index in [9.17, 15) is 171 Å². The van der Waals surface area contributed by atoms with Crippen molar-refractivity contribution in [2.75, 3.05) is 0 Å². The van der Waals surface area contributed by atoms with Gasteiger partial charge in [-0.05, 0) is 59.8 Å². The number of hydrogen-bond donors (Lipinski definition) is 0. The quantitative estimate of drug-likeness (QED) is 0.0619. The molecule has 0 N–H and O–H groups in total. The maximum Gasteiger partial charge on any atom is 0.460 e. The van der Waals surface area contributed by atoms with Crippen molar-refractivity contribution in [3.05, 3.63) is 89.5 Å². The predicted octanol–water partition coefficient (Wildman–Crippen LogP) is 17.5. The zero-order valence-corrected chi connectivity index (χ0v) is 39.3. The Morgan fingerprint density at radius 2 is 0.341 bits per heavy atom. The minimum Gasteiger partial charge on any atom is -0.200 e. The summed E-state index contributed by atoms with van der Waals surface area (Å²) in [6.07, 6.45) is -36.8. The third kappa shape index (κ3) is 11.5. The van der Waals surface area contributed by atoms with Gasteiger partial charge in [0.05, 0.1) is 0 Å². The SMILES string of the molecule is FC(F)(F)C(F)(F)C(F)(F)C(F)(F)C(F)(F)C(F)(F)CCc1ccc(P(c2ccc(CCC(F)(F)C(F)(F)C(F)(F)C(F)(F)C(F)(F)C(F)(F)F)cc2)c2ccc(CCC(F)(F)C(F)(F)C(F)(F)C(F)(F)C(F)(F)C(F)(F)F)cc2)cc1. The van der Waals surface area contributed by atoms with E-state index in [1.807, 2.05) is 0 Å². The first-order valence-corrected chi connectivity index (χ1v) is 22.2. The lowest BCUT2D eigenvalue weighted by atomic mass is 9.91. The second-order valence-corrected chi connectivity index (χ2v) is 19.6. The van der Waals surface area contributed by atoms with Gasteiger partial charge in [0.15, 0.2) is 0 Å². The van der Waals surface area contributed by atoms with E-state index in [-0.39, 0.29) is 15.9 Å². The molecule has 0 amide bonds. The molecule has 0 aromatic heterocycles. The maximum absolute atomic E-state index is 14.5. The Morgan fingerprint density at radius 1 is 0.195 bits per heavy atom. The normalized spacial score (nSPS) is 15.7. The molecule has 3 aromatic carbocycles. The van der Waals surface area contributed by atoms with E-state index in [1.54, 1.807) is 0 Å². The summed E-state index contributed by atoms with van der Waals surface area (Å²) in [7, 11) is -2.62. The standard InChI is InChI=1S/C42H24F39P/c43-25(44,28(49,50)31(55,56)34(61,62)37(67,68)40(73,74)75)16-13-19-1-7-22(8-2-19)82(23-9-3-20(4-10-23)14-17-26(45,46)29(51,52)32(57,58)35(63,64)38(69,70)41(76,77)78)24-11-5-21(6-12-24)15-18-27(47,48)30(53,54)33(59,60)36(65,66)39(71,72)42(79,80)81/h1-12H,13-18H2. The van der Waals surface area contributed by atoms with Gasteiger partial charge in [-0.1, -0.05) is 72.8 Å². The van der Waals surface area contributed by atoms with Crippen molar-refractivity contribution in [1.29, 1.82) is 0 Å². The van der Waals surface area contributed by atoms with E-state index in [1.165, 1.54) is 0 Å². The molecular weight excluding hydrogens is 1280 g/mol. The van der Waals surface area contributed by atoms with Crippen molar-refractivity contribution in [3.63, 3.8) is 0 Å². The molecular formula is C42H24F39P. The smallest absolute Gasteiger partial charge is 0.200 e. The van der Waals surface area contributed by atoms with Crippen LogP contribution >= 0.6 is 7.92 Å². The molecule has 0 saturated carbocycles. The first-order valence-electron chi connectivity index (χ1n) is 20.9. The van der Waals surface area contributed by atoms with Crippen LogP contribution in [0.1, 0.15) is 36.0 Å². The summed E-state index contributed by atoms with van der Waals surface area (Å²) >= 11 is 0. The molecule has 40 heteroatoms. The summed E-state index contributed by atoms with van der Waals surface area (Å²) in [5.74, 6) is -117. The van der Waals surface area contributed by atoms with Gasteiger partial charge in [0.25, 0.3) is 0 Å². The molecule has 0 radical (unpaired) electrons. The average Bonchev–Trinajstić information content (AvgIpc) is 3.32. The van der Waals surface area contributed by atoms with E-state index < -0.39 is 171 Å². The van der Waals surface area contributed by atoms with Crippen molar-refractivity contribution in [2.24, 2.45) is 0 Å². The number of aryl methyl sites for hydroxylation is 3. The van der Waals surface area contributed by atoms with E-state index >= 15 is 0 Å². The van der Waals surface area contributed by atoms with Gasteiger partial charge in [0.1, 0.15) is 0 Å². The van der Waals surface area contributed by atoms with E-state index in [0.717, 1.165) is 0 Å². The molecule has 82 heavy (non-hydrogen) atoms. The predicted molar refractivity (Wildman–Crippen MR) is 202 cm³/mol. The van der Waals surface area contributed by atoms with Crippen LogP contribution in [0.15, 0.2) is 72.8 Å². The Balaban J connectivity index is 2.08. The van der Waals surface area contributed by atoms with E-state index in [4.69, 9.17) is 0 Å². The number of hydrogen-bond acceptors (Lipinski definition) is 0. The van der Waals surface area contributed by atoms with Crippen LogP contribution in [-0.2, 0) is 19.3 Å². The lowest BCUT2D eigenvalue weighted by Crippen LogP contribution is -2.70. The van der Waals surface area contributed by atoms with Crippen LogP contribution in [0.3, 0.4) is 0 Å². The second kappa shape index (κ2) is 21.4. The summed E-state index contributed by atoms with van der Waals surface area (Å²) in [5, 5.41) is -1.02. The zero-order chi connectivity index (χ0) is 64.8. The summed E-state index contributed by atoms with van der Waals surface area (Å²) in [5.41, 5.74) is -2.37. The third-order valence-electron chi connectivity index (χ3n) is 11.8. The molecule has 0 saturated heterocycles. The summed E-state index contributed by atoms with van der Waals surface area (Å²) in [4.78, 5) is 0. The monoisotopic (exact) mass is 1300 g/mol. The summed E-state index contributed by atoms with van der Waals surface area (Å²) in [6.45, 7) is 0. The lowest BCUT2D eigenvalue weighted by Gasteiger charge is -2.39. The maximum atomic E-state index is 14.5. The molecule has 0 bridgehead atoms. The molecule has 470 valence electrons. The van der Waals surface area contributed by atoms with Crippen LogP contribution < -0.4 is 15.9 Å². The Labute approximate surface area is 430 Å². The largest absolute Gasteiger partial charge is 0.460 e. The van der Waals surface area contributed by atoms with Crippen LogP contribution in [0, 0.1) is 0 Å². The highest BCUT2D eigenvalue weighted by atomic mass is 31.1. The Bertz CT molecular complexity index is 2350. The molecule has 0 fully saturated rings. The number of alkyl halides is 39. The Morgan fingerprint density at radius 3 is 0.488 bits per heavy atom. The van der Waals surface area contributed by atoms with E-state index in [2.05, 4.69) is 0 Å². The van der Waals surface area contributed by atoms with Crippen LogP contribution in [-0.4, -0.2) is 107 Å². The second-order valence-electron chi connectivity index (χ2n) is 17.3. The highest BCUT2D eigenvalue weighted by Crippen LogP contribution is 2.64. The molecule has 0 aliphatic rings. The third-order valence-corrected chi connectivity index (χ3v) is 14.2. The van der Waals surface area contributed by atoms with Crippen LogP contribution in [0.2, 0.25) is 0 Å². The number of rotatable bonds is 24. The van der Waals surface area contributed by atoms with E-state index in [0.29, 0.717) is 72.8 Å². The fraction of sp³-hybridized carbons (Fsp3) is 0.571. The Hall–Kier alpha value is -4.64. The van der Waals surface area contributed by atoms with Gasteiger partial charge in [-0.3, -0.25) is 0 Å². The highest BCUT2D eigenvalue weighted by molar-refractivity contribution is 7.79. The molecule has 0 aliphatic carbocycles. The topological polar surface area (TPSA) is 0 Å². The first kappa shape index (κ1) is 71.6. The average molecular weight is 1300 g/mol. The van der Waals surface area contributed by atoms with Crippen molar-refractivity contribution < 1.29 is 171 Å². The molecule has 3 rings (SSSR count). The minimum atomic E-state index is -8.27. The van der Waals surface area contributed by atoms with Gasteiger partial charge in [0, 0.05) is 19.3 Å². The van der Waals surface area contributed by atoms with Crippen molar-refractivity contribution in [2.45, 2.75) is 146 Å². The van der Waals surface area contributed by atoms with Gasteiger partial charge < -0.3 is 0 Å². The molecule has 0 unspecified atom stereocenters. The van der Waals surface area contributed by atoms with Crippen molar-refractivity contribution >= 4 is 23.8 Å². The minimum absolute atomic E-state index is 0.341. The molecule has 0 nitrogen and oxygen atoms in total. The highest BCUT2D eigenvalue weighted by Gasteiger charge is 2.93. The van der Waals surface area contributed by atoms with Crippen molar-refractivity contribution in [3.8, 4) is 0 Å². The molecule has 3 aromatic rings. The van der Waals surface area contributed by atoms with Gasteiger partial charge in [-0.15, -0.1) is 0 Å². The number of halogens is 39. The molecule has 0 atom stereocenters. The molecule has 0 aliphatic heterocycles. The van der Waals surface area contributed by atoms with Gasteiger partial charge in [0.2, 0.25) is 0 Å². The van der Waals surface area contributed by atoms with Crippen molar-refractivity contribution in [1.82, 2.24) is 0 Å². The van der Waals surface area contributed by atoms with Gasteiger partial charge in [-0.25, -0.2) is 0 Å². The first-order chi connectivity index (χ1) is 35.9. The summed E-state index contributed by atoms with van der Waals surface area (Å²) < 4.78 is 531. The summed E-state index contributed by atoms with van der Waals surface area (Å²) in [6, 6.07) is 7.32. The van der Waals surface area contributed by atoms with Crippen LogP contribution in [0.25, 0.3) is 0 Å². The van der Waals surface area contributed by atoms with Crippen LogP contribution in [0.4, 0.5) is 171 Å². The lowest BCUT2D eigenvalue weighted by molar-refractivity contribution is -0.440.